The van der Waals surface area contributed by atoms with E-state index < -0.39 is 5.54 Å². The molecule has 0 amide bonds. The molecule has 1 unspecified atom stereocenters. The second-order valence-corrected chi connectivity index (χ2v) is 9.00. The van der Waals surface area contributed by atoms with E-state index in [2.05, 4.69) is 120 Å². The van der Waals surface area contributed by atoms with Gasteiger partial charge < -0.3 is 4.90 Å². The van der Waals surface area contributed by atoms with Crippen molar-refractivity contribution >= 4 is 11.3 Å². The van der Waals surface area contributed by atoms with Gasteiger partial charge in [0.2, 0.25) is 0 Å². The number of benzene rings is 3. The summed E-state index contributed by atoms with van der Waals surface area (Å²) in [7, 11) is 2.21. The Morgan fingerprint density at radius 3 is 1.77 bits per heavy atom. The van der Waals surface area contributed by atoms with Gasteiger partial charge in [-0.05, 0) is 40.7 Å². The van der Waals surface area contributed by atoms with E-state index in [9.17, 15) is 0 Å². The lowest BCUT2D eigenvalue weighted by Gasteiger charge is -2.42. The van der Waals surface area contributed by atoms with Crippen molar-refractivity contribution in [3.8, 4) is 0 Å². The summed E-state index contributed by atoms with van der Waals surface area (Å²) in [5, 5.41) is 6.39. The van der Waals surface area contributed by atoms with Crippen LogP contribution in [0, 0.1) is 0 Å². The molecule has 0 radical (unpaired) electrons. The quantitative estimate of drug-likeness (QED) is 0.417. The second-order valence-electron chi connectivity index (χ2n) is 8.05. The monoisotopic (exact) mass is 410 g/mol. The maximum Gasteiger partial charge on any atom is 0.0953 e. The zero-order chi connectivity index (χ0) is 20.4. The van der Waals surface area contributed by atoms with Crippen molar-refractivity contribution in [2.45, 2.75) is 18.1 Å². The van der Waals surface area contributed by atoms with Crippen molar-refractivity contribution in [3.63, 3.8) is 0 Å². The number of rotatable bonds is 5. The fourth-order valence-electron chi connectivity index (χ4n) is 4.72. The van der Waals surface area contributed by atoms with Gasteiger partial charge in [0.15, 0.2) is 0 Å². The van der Waals surface area contributed by atoms with Crippen LogP contribution in [0.1, 0.15) is 33.2 Å². The summed E-state index contributed by atoms with van der Waals surface area (Å²) >= 11 is 1.87. The first kappa shape index (κ1) is 19.3. The van der Waals surface area contributed by atoms with Crippen molar-refractivity contribution in [2.24, 2.45) is 0 Å². The smallest absolute Gasteiger partial charge is 0.0953 e. The first-order valence-corrected chi connectivity index (χ1v) is 11.3. The minimum absolute atomic E-state index is 0.249. The Bertz CT molecular complexity index is 993. The highest BCUT2D eigenvalue weighted by molar-refractivity contribution is 7.10. The number of likely N-dealkylation sites (N-methyl/N-ethyl adjacent to an activating group) is 1. The van der Waals surface area contributed by atoms with E-state index in [0.717, 1.165) is 13.1 Å². The first-order valence-electron chi connectivity index (χ1n) is 10.5. The average molecular weight is 411 g/mol. The van der Waals surface area contributed by atoms with E-state index in [1.807, 2.05) is 11.3 Å². The number of fused-ring (bicyclic) bond motifs is 1. The SMILES string of the molecule is CN1Cc2ccsc2C(NC(c2ccccc2)(c2ccccc2)c2ccccc2)C1. The van der Waals surface area contributed by atoms with Crippen LogP contribution in [-0.2, 0) is 12.1 Å². The third kappa shape index (κ3) is 3.39. The molecule has 1 aliphatic heterocycles. The maximum atomic E-state index is 4.16. The summed E-state index contributed by atoms with van der Waals surface area (Å²) in [6.45, 7) is 2.01. The molecule has 1 atom stereocenters. The normalized spacial score (nSPS) is 16.9. The molecule has 1 aliphatic rings. The molecule has 3 heteroatoms. The zero-order valence-corrected chi connectivity index (χ0v) is 18.0. The molecule has 2 nitrogen and oxygen atoms in total. The van der Waals surface area contributed by atoms with Crippen molar-refractivity contribution < 1.29 is 0 Å². The molecule has 150 valence electrons. The molecule has 0 aliphatic carbocycles. The molecule has 1 aromatic heterocycles. The molecule has 0 saturated heterocycles. The Morgan fingerprint density at radius 2 is 1.27 bits per heavy atom. The molecule has 2 heterocycles. The summed E-state index contributed by atoms with van der Waals surface area (Å²) in [6.07, 6.45) is 0. The number of nitrogens with one attached hydrogen (secondary N) is 1. The summed E-state index contributed by atoms with van der Waals surface area (Å²) in [4.78, 5) is 3.87. The van der Waals surface area contributed by atoms with Crippen LogP contribution in [-0.4, -0.2) is 18.5 Å². The molecule has 0 bridgehead atoms. The lowest BCUT2D eigenvalue weighted by atomic mass is 9.76. The number of nitrogens with zero attached hydrogens (tertiary/aromatic N) is 1. The minimum atomic E-state index is -0.437. The van der Waals surface area contributed by atoms with E-state index >= 15 is 0 Å². The largest absolute Gasteiger partial charge is 0.300 e. The highest BCUT2D eigenvalue weighted by Crippen LogP contribution is 2.41. The number of hydrogen-bond donors (Lipinski definition) is 1. The molecule has 0 spiro atoms. The van der Waals surface area contributed by atoms with Gasteiger partial charge >= 0.3 is 0 Å². The summed E-state index contributed by atoms with van der Waals surface area (Å²) in [6, 6.07) is 35.1. The Kier molecular flexibility index (Phi) is 5.26. The molecule has 4 aromatic rings. The highest BCUT2D eigenvalue weighted by Gasteiger charge is 2.40. The van der Waals surface area contributed by atoms with Crippen LogP contribution in [0.25, 0.3) is 0 Å². The van der Waals surface area contributed by atoms with Crippen LogP contribution in [0.5, 0.6) is 0 Å². The fraction of sp³-hybridized carbons (Fsp3) is 0.185. The van der Waals surface area contributed by atoms with Crippen LogP contribution in [0.15, 0.2) is 102 Å². The standard InChI is InChI=1S/C27H26N2S/c1-29-19-21-17-18-30-26(21)25(20-29)28-27(22-11-5-2-6-12-22,23-13-7-3-8-14-23)24-15-9-4-10-16-24/h2-18,25,28H,19-20H2,1H3. The second kappa shape index (κ2) is 8.19. The van der Waals surface area contributed by atoms with Gasteiger partial charge in [-0.15, -0.1) is 11.3 Å². The molecule has 30 heavy (non-hydrogen) atoms. The van der Waals surface area contributed by atoms with Crippen molar-refractivity contribution in [2.75, 3.05) is 13.6 Å². The van der Waals surface area contributed by atoms with Crippen molar-refractivity contribution in [1.29, 1.82) is 0 Å². The Balaban J connectivity index is 1.73. The summed E-state index contributed by atoms with van der Waals surface area (Å²) < 4.78 is 0. The van der Waals surface area contributed by atoms with Gasteiger partial charge in [-0.3, -0.25) is 5.32 Å². The summed E-state index contributed by atoms with van der Waals surface area (Å²) in [5.41, 5.74) is 4.78. The van der Waals surface area contributed by atoms with Gasteiger partial charge in [-0.2, -0.15) is 0 Å². The first-order chi connectivity index (χ1) is 14.8. The van der Waals surface area contributed by atoms with E-state index in [1.165, 1.54) is 27.1 Å². The zero-order valence-electron chi connectivity index (χ0n) is 17.2. The van der Waals surface area contributed by atoms with Crippen LogP contribution in [0.4, 0.5) is 0 Å². The van der Waals surface area contributed by atoms with Gasteiger partial charge in [0.1, 0.15) is 0 Å². The topological polar surface area (TPSA) is 15.3 Å². The van der Waals surface area contributed by atoms with Gasteiger partial charge in [-0.1, -0.05) is 91.0 Å². The van der Waals surface area contributed by atoms with Gasteiger partial charge in [0.25, 0.3) is 0 Å². The molecule has 3 aromatic carbocycles. The molecule has 0 fully saturated rings. The fourth-order valence-corrected chi connectivity index (χ4v) is 5.68. The van der Waals surface area contributed by atoms with Crippen molar-refractivity contribution in [1.82, 2.24) is 10.2 Å². The van der Waals surface area contributed by atoms with Crippen molar-refractivity contribution in [3.05, 3.63) is 130 Å². The third-order valence-electron chi connectivity index (χ3n) is 6.04. The van der Waals surface area contributed by atoms with E-state index in [1.54, 1.807) is 0 Å². The lowest BCUT2D eigenvalue weighted by Crippen LogP contribution is -2.50. The van der Waals surface area contributed by atoms with Crippen LogP contribution < -0.4 is 5.32 Å². The van der Waals surface area contributed by atoms with Crippen LogP contribution in [0.3, 0.4) is 0 Å². The van der Waals surface area contributed by atoms with Gasteiger partial charge in [-0.25, -0.2) is 0 Å². The highest BCUT2D eigenvalue weighted by atomic mass is 32.1. The lowest BCUT2D eigenvalue weighted by molar-refractivity contribution is 0.242. The Morgan fingerprint density at radius 1 is 0.767 bits per heavy atom. The van der Waals surface area contributed by atoms with Gasteiger partial charge in [0, 0.05) is 18.0 Å². The van der Waals surface area contributed by atoms with Crippen LogP contribution >= 0.6 is 11.3 Å². The van der Waals surface area contributed by atoms with E-state index in [4.69, 9.17) is 0 Å². The van der Waals surface area contributed by atoms with Gasteiger partial charge in [0.05, 0.1) is 11.6 Å². The molecular formula is C27H26N2S. The number of hydrogen-bond acceptors (Lipinski definition) is 3. The molecular weight excluding hydrogens is 384 g/mol. The number of thiophene rings is 1. The predicted octanol–water partition coefficient (Wildman–Crippen LogP) is 5.82. The van der Waals surface area contributed by atoms with E-state index in [-0.39, 0.29) is 6.04 Å². The summed E-state index contributed by atoms with van der Waals surface area (Å²) in [5.74, 6) is 0. The molecule has 0 saturated carbocycles. The van der Waals surface area contributed by atoms with Crippen LogP contribution in [0.2, 0.25) is 0 Å². The third-order valence-corrected chi connectivity index (χ3v) is 7.12. The minimum Gasteiger partial charge on any atom is -0.300 e. The molecule has 1 N–H and O–H groups in total. The Labute approximate surface area is 182 Å². The maximum absolute atomic E-state index is 4.16. The average Bonchev–Trinajstić information content (AvgIpc) is 3.28. The Hall–Kier alpha value is -2.72. The van der Waals surface area contributed by atoms with E-state index in [0.29, 0.717) is 0 Å². The predicted molar refractivity (Wildman–Crippen MR) is 126 cm³/mol. The molecule has 5 rings (SSSR count).